The molecule has 0 spiro atoms. The van der Waals surface area contributed by atoms with Crippen molar-refractivity contribution in [1.29, 1.82) is 0 Å². The Kier molecular flexibility index (Phi) is 5.86. The van der Waals surface area contributed by atoms with Gasteiger partial charge in [0.2, 0.25) is 15.9 Å². The van der Waals surface area contributed by atoms with Crippen LogP contribution in [0.25, 0.3) is 0 Å². The molecule has 1 aliphatic heterocycles. The Balaban J connectivity index is 1.67. The van der Waals surface area contributed by atoms with Crippen LogP contribution in [0.2, 0.25) is 5.02 Å². The van der Waals surface area contributed by atoms with E-state index in [-0.39, 0.29) is 12.5 Å². The highest BCUT2D eigenvalue weighted by Gasteiger charge is 2.26. The van der Waals surface area contributed by atoms with Gasteiger partial charge in [-0.05, 0) is 18.2 Å². The van der Waals surface area contributed by atoms with E-state index in [1.807, 2.05) is 24.5 Å². The van der Waals surface area contributed by atoms with Crippen LogP contribution in [-0.2, 0) is 14.8 Å². The molecule has 0 radical (unpaired) electrons. The predicted octanol–water partition coefficient (Wildman–Crippen LogP) is 1.27. The molecule has 0 saturated carbocycles. The molecule has 0 bridgehead atoms. The number of piperazine rings is 1. The lowest BCUT2D eigenvalue weighted by Gasteiger charge is -2.36. The van der Waals surface area contributed by atoms with Crippen LogP contribution in [0, 0.1) is 0 Å². The van der Waals surface area contributed by atoms with E-state index in [2.05, 4.69) is 9.88 Å². The van der Waals surface area contributed by atoms with Crippen LogP contribution in [-0.4, -0.2) is 58.2 Å². The van der Waals surface area contributed by atoms with Gasteiger partial charge < -0.3 is 9.80 Å². The maximum absolute atomic E-state index is 12.7. The van der Waals surface area contributed by atoms with Gasteiger partial charge in [0.15, 0.2) is 12.4 Å². The monoisotopic (exact) mass is 409 g/mol. The quantitative estimate of drug-likeness (QED) is 0.745. The number of hydrogen-bond acceptors (Lipinski definition) is 4. The average Bonchev–Trinajstić information content (AvgIpc) is 2.66. The number of pyridine rings is 1. The number of aromatic nitrogens is 1. The highest BCUT2D eigenvalue weighted by atomic mass is 35.5. The van der Waals surface area contributed by atoms with Gasteiger partial charge in [-0.25, -0.2) is 13.4 Å². The Hall–Kier alpha value is -2.32. The summed E-state index contributed by atoms with van der Waals surface area (Å²) in [5.41, 5.74) is 1.48. The number of carbonyl (C=O) groups excluding carboxylic acids is 1. The smallest absolute Gasteiger partial charge is 0.243 e. The normalized spacial score (nSPS) is 14.9. The summed E-state index contributed by atoms with van der Waals surface area (Å²) in [4.78, 5) is 19.6. The Bertz CT molecular complexity index is 900. The molecule has 1 aromatic carbocycles. The highest BCUT2D eigenvalue weighted by Crippen LogP contribution is 2.22. The minimum atomic E-state index is -3.61. The van der Waals surface area contributed by atoms with E-state index < -0.39 is 10.0 Å². The Morgan fingerprint density at radius 1 is 1.15 bits per heavy atom. The van der Waals surface area contributed by atoms with Crippen LogP contribution in [0.4, 0.5) is 11.4 Å². The van der Waals surface area contributed by atoms with Gasteiger partial charge >= 0.3 is 0 Å². The van der Waals surface area contributed by atoms with Gasteiger partial charge in [-0.3, -0.25) is 9.10 Å². The standard InChI is InChI=1S/C18H21ClN4O3S/c1-27(25,26)23(17-4-2-3-15(19)13-17)14-18(24)22-11-9-21(10-12-22)16-5-7-20-8-6-16/h2-8,13H,9-12,14H2,1H3/p+1. The van der Waals surface area contributed by atoms with Crippen LogP contribution in [0.5, 0.6) is 0 Å². The zero-order chi connectivity index (χ0) is 19.4. The van der Waals surface area contributed by atoms with E-state index in [0.717, 1.165) is 16.2 Å². The van der Waals surface area contributed by atoms with Gasteiger partial charge in [-0.1, -0.05) is 17.7 Å². The number of amides is 1. The molecule has 2 aromatic rings. The molecule has 1 aromatic heterocycles. The maximum atomic E-state index is 12.7. The van der Waals surface area contributed by atoms with E-state index in [1.165, 1.54) is 0 Å². The largest absolute Gasteiger partial charge is 0.368 e. The lowest BCUT2D eigenvalue weighted by molar-refractivity contribution is -0.377. The summed E-state index contributed by atoms with van der Waals surface area (Å²) >= 11 is 5.97. The lowest BCUT2D eigenvalue weighted by atomic mass is 10.2. The fourth-order valence-corrected chi connectivity index (χ4v) is 4.08. The van der Waals surface area contributed by atoms with Crippen molar-refractivity contribution in [2.75, 3.05) is 48.2 Å². The highest BCUT2D eigenvalue weighted by molar-refractivity contribution is 7.92. The minimum Gasteiger partial charge on any atom is -0.368 e. The second kappa shape index (κ2) is 8.14. The predicted molar refractivity (Wildman–Crippen MR) is 105 cm³/mol. The molecule has 1 saturated heterocycles. The van der Waals surface area contributed by atoms with Crippen molar-refractivity contribution in [3.8, 4) is 0 Å². The number of rotatable bonds is 5. The lowest BCUT2D eigenvalue weighted by Crippen LogP contribution is -2.52. The fraction of sp³-hybridized carbons (Fsp3) is 0.333. The summed E-state index contributed by atoms with van der Waals surface area (Å²) < 4.78 is 25.5. The van der Waals surface area contributed by atoms with Gasteiger partial charge in [-0.15, -0.1) is 0 Å². The van der Waals surface area contributed by atoms with E-state index in [9.17, 15) is 13.2 Å². The van der Waals surface area contributed by atoms with E-state index in [1.54, 1.807) is 29.2 Å². The molecule has 0 aliphatic carbocycles. The second-order valence-electron chi connectivity index (χ2n) is 6.38. The molecule has 1 amide bonds. The van der Waals surface area contributed by atoms with E-state index in [0.29, 0.717) is 36.9 Å². The molecule has 1 N–H and O–H groups in total. The number of sulfonamides is 1. The molecule has 9 heteroatoms. The molecule has 1 aliphatic rings. The SMILES string of the molecule is CS(=O)(=O)N(CC(=O)N1CCN(c2cc[nH+]cc2)CC1)c1cccc(Cl)c1. The first-order chi connectivity index (χ1) is 12.8. The third-order valence-electron chi connectivity index (χ3n) is 4.47. The molecule has 144 valence electrons. The fourth-order valence-electron chi connectivity index (χ4n) is 3.06. The Morgan fingerprint density at radius 2 is 1.81 bits per heavy atom. The van der Waals surface area contributed by atoms with Crippen molar-refractivity contribution in [1.82, 2.24) is 4.90 Å². The average molecular weight is 410 g/mol. The van der Waals surface area contributed by atoms with Crippen molar-refractivity contribution in [3.63, 3.8) is 0 Å². The van der Waals surface area contributed by atoms with Crippen LogP contribution >= 0.6 is 11.6 Å². The number of carbonyl (C=O) groups is 1. The van der Waals surface area contributed by atoms with Crippen LogP contribution in [0.1, 0.15) is 0 Å². The topological polar surface area (TPSA) is 75.1 Å². The summed E-state index contributed by atoms with van der Waals surface area (Å²) in [6.07, 6.45) is 4.81. The number of anilines is 2. The van der Waals surface area contributed by atoms with Crippen LogP contribution < -0.4 is 14.2 Å². The van der Waals surface area contributed by atoms with Gasteiger partial charge in [0.1, 0.15) is 6.54 Å². The molecular weight excluding hydrogens is 388 g/mol. The summed E-state index contributed by atoms with van der Waals surface area (Å²) in [6.45, 7) is 2.26. The van der Waals surface area contributed by atoms with Gasteiger partial charge in [0.05, 0.1) is 11.9 Å². The zero-order valence-electron chi connectivity index (χ0n) is 15.0. The molecule has 2 heterocycles. The number of H-pyrrole nitrogens is 1. The Labute approximate surface area is 164 Å². The number of halogens is 1. The molecule has 0 unspecified atom stereocenters. The molecular formula is C18H22ClN4O3S+. The number of nitrogens with zero attached hydrogens (tertiary/aromatic N) is 3. The second-order valence-corrected chi connectivity index (χ2v) is 8.72. The van der Waals surface area contributed by atoms with Crippen molar-refractivity contribution in [3.05, 3.63) is 53.8 Å². The van der Waals surface area contributed by atoms with Crippen molar-refractivity contribution in [2.45, 2.75) is 0 Å². The maximum Gasteiger partial charge on any atom is 0.243 e. The molecule has 7 nitrogen and oxygen atoms in total. The summed E-state index contributed by atoms with van der Waals surface area (Å²) in [5.74, 6) is -0.221. The van der Waals surface area contributed by atoms with Crippen molar-refractivity contribution in [2.24, 2.45) is 0 Å². The van der Waals surface area contributed by atoms with Crippen LogP contribution in [0.15, 0.2) is 48.8 Å². The number of aromatic amines is 1. The van der Waals surface area contributed by atoms with Crippen molar-refractivity contribution < 1.29 is 18.2 Å². The molecule has 0 atom stereocenters. The first-order valence-electron chi connectivity index (χ1n) is 8.57. The van der Waals surface area contributed by atoms with Gasteiger partial charge in [-0.2, -0.15) is 0 Å². The van der Waals surface area contributed by atoms with Gasteiger partial charge in [0, 0.05) is 49.0 Å². The number of nitrogens with one attached hydrogen (secondary N) is 1. The summed E-state index contributed by atoms with van der Waals surface area (Å²) in [6, 6.07) is 10.5. The zero-order valence-corrected chi connectivity index (χ0v) is 16.6. The minimum absolute atomic E-state index is 0.221. The van der Waals surface area contributed by atoms with Crippen molar-refractivity contribution >= 4 is 38.9 Å². The van der Waals surface area contributed by atoms with E-state index >= 15 is 0 Å². The van der Waals surface area contributed by atoms with E-state index in [4.69, 9.17) is 11.6 Å². The third kappa shape index (κ3) is 4.90. The first kappa shape index (κ1) is 19.4. The first-order valence-corrected chi connectivity index (χ1v) is 10.8. The molecule has 1 fully saturated rings. The Morgan fingerprint density at radius 3 is 2.41 bits per heavy atom. The number of benzene rings is 1. The summed E-state index contributed by atoms with van der Waals surface area (Å²) in [5, 5.41) is 0.419. The molecule has 3 rings (SSSR count). The molecule has 27 heavy (non-hydrogen) atoms. The third-order valence-corrected chi connectivity index (χ3v) is 5.85. The van der Waals surface area contributed by atoms with Gasteiger partial charge in [0.25, 0.3) is 0 Å². The summed E-state index contributed by atoms with van der Waals surface area (Å²) in [7, 11) is -3.61. The van der Waals surface area contributed by atoms with Crippen LogP contribution in [0.3, 0.4) is 0 Å². The number of hydrogen-bond donors (Lipinski definition) is 0.